The first-order chi connectivity index (χ1) is 7.16. The molecule has 2 N–H and O–H groups in total. The van der Waals surface area contributed by atoms with Crippen LogP contribution in [0.2, 0.25) is 0 Å². The summed E-state index contributed by atoms with van der Waals surface area (Å²) in [5.74, 6) is 0.436. The van der Waals surface area contributed by atoms with E-state index in [2.05, 4.69) is 33.7 Å². The maximum absolute atomic E-state index is 5.49. The summed E-state index contributed by atoms with van der Waals surface area (Å²) in [4.78, 5) is 4.12. The summed E-state index contributed by atoms with van der Waals surface area (Å²) in [6.45, 7) is 4.87. The molecule has 0 saturated heterocycles. The molecule has 0 radical (unpaired) electrons. The van der Waals surface area contributed by atoms with Crippen molar-refractivity contribution in [3.8, 4) is 0 Å². The van der Waals surface area contributed by atoms with Crippen molar-refractivity contribution in [2.24, 2.45) is 0 Å². The number of anilines is 1. The fraction of sp³-hybridized carbons (Fsp3) is 0.444. The number of aromatic nitrogens is 5. The van der Waals surface area contributed by atoms with Crippen LogP contribution in [0.25, 0.3) is 0 Å². The van der Waals surface area contributed by atoms with Crippen LogP contribution in [0.5, 0.6) is 0 Å². The first kappa shape index (κ1) is 9.70. The Kier molecular flexibility index (Phi) is 2.40. The van der Waals surface area contributed by atoms with Gasteiger partial charge in [0.05, 0.1) is 31.0 Å². The highest BCUT2D eigenvalue weighted by atomic mass is 15.4. The van der Waals surface area contributed by atoms with Gasteiger partial charge in [-0.05, 0) is 13.8 Å². The van der Waals surface area contributed by atoms with E-state index in [1.54, 1.807) is 10.9 Å². The van der Waals surface area contributed by atoms with Gasteiger partial charge in [0, 0.05) is 6.04 Å². The van der Waals surface area contributed by atoms with Crippen LogP contribution in [0.1, 0.15) is 25.6 Å². The summed E-state index contributed by atoms with van der Waals surface area (Å²) in [5.41, 5.74) is 6.58. The van der Waals surface area contributed by atoms with Gasteiger partial charge in [-0.1, -0.05) is 5.21 Å². The molecule has 6 heteroatoms. The Balaban J connectivity index is 2.20. The molecule has 0 aliphatic carbocycles. The largest absolute Gasteiger partial charge is 0.381 e. The number of imidazole rings is 1. The second-order valence-electron chi connectivity index (χ2n) is 3.73. The molecule has 0 atom stereocenters. The standard InChI is InChI=1S/C9H14N6/c1-7(2)15-6-11-3-8(15)4-14-5-9(10)12-13-14/h3,5-7H,4,10H2,1-2H3. The third kappa shape index (κ3) is 1.98. The second-order valence-corrected chi connectivity index (χ2v) is 3.73. The van der Waals surface area contributed by atoms with Crippen LogP contribution in [0, 0.1) is 0 Å². The van der Waals surface area contributed by atoms with Crippen molar-refractivity contribution in [3.63, 3.8) is 0 Å². The molecule has 0 aliphatic heterocycles. The maximum Gasteiger partial charge on any atom is 0.165 e. The molecule has 0 saturated carbocycles. The average molecular weight is 206 g/mol. The summed E-state index contributed by atoms with van der Waals surface area (Å²) in [6, 6.07) is 0.392. The Morgan fingerprint density at radius 3 is 2.87 bits per heavy atom. The predicted octanol–water partition coefficient (Wildman–Crippen LogP) is 0.686. The smallest absolute Gasteiger partial charge is 0.165 e. The van der Waals surface area contributed by atoms with Crippen molar-refractivity contribution < 1.29 is 0 Å². The van der Waals surface area contributed by atoms with Crippen molar-refractivity contribution in [2.75, 3.05) is 5.73 Å². The topological polar surface area (TPSA) is 74.5 Å². The average Bonchev–Trinajstić information content (AvgIpc) is 2.75. The zero-order valence-corrected chi connectivity index (χ0v) is 8.83. The van der Waals surface area contributed by atoms with Crippen LogP contribution in [0.4, 0.5) is 5.82 Å². The first-order valence-electron chi connectivity index (χ1n) is 4.83. The van der Waals surface area contributed by atoms with E-state index < -0.39 is 0 Å². The number of rotatable bonds is 3. The third-order valence-corrected chi connectivity index (χ3v) is 2.18. The van der Waals surface area contributed by atoms with Crippen molar-refractivity contribution in [3.05, 3.63) is 24.4 Å². The van der Waals surface area contributed by atoms with Gasteiger partial charge in [-0.2, -0.15) is 0 Å². The molecule has 6 nitrogen and oxygen atoms in total. The maximum atomic E-state index is 5.49. The van der Waals surface area contributed by atoms with Crippen molar-refractivity contribution in [1.29, 1.82) is 0 Å². The lowest BCUT2D eigenvalue weighted by Gasteiger charge is -2.10. The van der Waals surface area contributed by atoms with Gasteiger partial charge in [-0.3, -0.25) is 0 Å². The molecule has 2 heterocycles. The van der Waals surface area contributed by atoms with Crippen molar-refractivity contribution >= 4 is 5.82 Å². The lowest BCUT2D eigenvalue weighted by molar-refractivity contribution is 0.541. The van der Waals surface area contributed by atoms with Gasteiger partial charge in [-0.15, -0.1) is 5.10 Å². The molecule has 0 amide bonds. The van der Waals surface area contributed by atoms with E-state index in [1.165, 1.54) is 0 Å². The molecule has 0 aromatic carbocycles. The SMILES string of the molecule is CC(C)n1cncc1Cn1cc(N)nn1. The summed E-state index contributed by atoms with van der Waals surface area (Å²) in [6.07, 6.45) is 5.36. The van der Waals surface area contributed by atoms with E-state index in [0.29, 0.717) is 18.4 Å². The van der Waals surface area contributed by atoms with E-state index >= 15 is 0 Å². The lowest BCUT2D eigenvalue weighted by Crippen LogP contribution is -2.09. The van der Waals surface area contributed by atoms with Gasteiger partial charge in [-0.25, -0.2) is 9.67 Å². The minimum Gasteiger partial charge on any atom is -0.381 e. The molecule has 2 rings (SSSR count). The number of nitrogens with zero attached hydrogens (tertiary/aromatic N) is 5. The molecular weight excluding hydrogens is 192 g/mol. The summed E-state index contributed by atoms with van der Waals surface area (Å²) in [7, 11) is 0. The van der Waals surface area contributed by atoms with Gasteiger partial charge >= 0.3 is 0 Å². The Hall–Kier alpha value is -1.85. The van der Waals surface area contributed by atoms with Gasteiger partial charge in [0.15, 0.2) is 5.82 Å². The molecule has 2 aromatic rings. The van der Waals surface area contributed by atoms with Crippen LogP contribution < -0.4 is 5.73 Å². The fourth-order valence-corrected chi connectivity index (χ4v) is 1.48. The predicted molar refractivity (Wildman–Crippen MR) is 56.1 cm³/mol. The number of hydrogen-bond donors (Lipinski definition) is 1. The summed E-state index contributed by atoms with van der Waals surface area (Å²) in [5, 5.41) is 7.62. The van der Waals surface area contributed by atoms with Crippen molar-refractivity contribution in [1.82, 2.24) is 24.5 Å². The minimum absolute atomic E-state index is 0.392. The molecule has 0 unspecified atom stereocenters. The van der Waals surface area contributed by atoms with E-state index in [0.717, 1.165) is 5.69 Å². The molecule has 80 valence electrons. The highest BCUT2D eigenvalue weighted by molar-refractivity contribution is 5.20. The molecule has 0 bridgehead atoms. The summed E-state index contributed by atoms with van der Waals surface area (Å²) >= 11 is 0. The Labute approximate surface area is 87.7 Å². The van der Waals surface area contributed by atoms with E-state index in [4.69, 9.17) is 5.73 Å². The summed E-state index contributed by atoms with van der Waals surface area (Å²) < 4.78 is 3.79. The van der Waals surface area contributed by atoms with E-state index in [9.17, 15) is 0 Å². The van der Waals surface area contributed by atoms with Crippen LogP contribution in [0.3, 0.4) is 0 Å². The van der Waals surface area contributed by atoms with Crippen LogP contribution >= 0.6 is 0 Å². The van der Waals surface area contributed by atoms with E-state index in [1.807, 2.05) is 12.5 Å². The van der Waals surface area contributed by atoms with E-state index in [-0.39, 0.29) is 0 Å². The minimum atomic E-state index is 0.392. The molecule has 0 aliphatic rings. The highest BCUT2D eigenvalue weighted by Gasteiger charge is 2.06. The molecule has 0 fully saturated rings. The Morgan fingerprint density at radius 1 is 1.47 bits per heavy atom. The van der Waals surface area contributed by atoms with Gasteiger partial charge in [0.2, 0.25) is 0 Å². The van der Waals surface area contributed by atoms with Crippen LogP contribution in [-0.4, -0.2) is 24.5 Å². The Bertz CT molecular complexity index is 441. The Morgan fingerprint density at radius 2 is 2.27 bits per heavy atom. The molecule has 15 heavy (non-hydrogen) atoms. The van der Waals surface area contributed by atoms with Gasteiger partial charge < -0.3 is 10.3 Å². The van der Waals surface area contributed by atoms with Crippen molar-refractivity contribution in [2.45, 2.75) is 26.4 Å². The second kappa shape index (κ2) is 3.72. The van der Waals surface area contributed by atoms with Crippen LogP contribution in [0.15, 0.2) is 18.7 Å². The zero-order valence-electron chi connectivity index (χ0n) is 8.83. The quantitative estimate of drug-likeness (QED) is 0.801. The monoisotopic (exact) mass is 206 g/mol. The number of nitrogens with two attached hydrogens (primary N) is 1. The number of hydrogen-bond acceptors (Lipinski definition) is 4. The number of nitrogen functional groups attached to an aromatic ring is 1. The lowest BCUT2D eigenvalue weighted by atomic mass is 10.3. The normalized spacial score (nSPS) is 11.1. The molecular formula is C9H14N6. The van der Waals surface area contributed by atoms with Gasteiger partial charge in [0.1, 0.15) is 0 Å². The van der Waals surface area contributed by atoms with Crippen LogP contribution in [-0.2, 0) is 6.54 Å². The highest BCUT2D eigenvalue weighted by Crippen LogP contribution is 2.10. The first-order valence-corrected chi connectivity index (χ1v) is 4.83. The molecule has 0 spiro atoms. The van der Waals surface area contributed by atoms with Gasteiger partial charge in [0.25, 0.3) is 0 Å². The molecule has 2 aromatic heterocycles. The third-order valence-electron chi connectivity index (χ3n) is 2.18. The zero-order chi connectivity index (χ0) is 10.8. The fourth-order valence-electron chi connectivity index (χ4n) is 1.48.